The summed E-state index contributed by atoms with van der Waals surface area (Å²) in [5.74, 6) is 2.09. The lowest BCUT2D eigenvalue weighted by Gasteiger charge is -2.37. The first-order valence-electron chi connectivity index (χ1n) is 9.36. The van der Waals surface area contributed by atoms with Crippen LogP contribution in [0.25, 0.3) is 0 Å². The van der Waals surface area contributed by atoms with Crippen LogP contribution in [-0.4, -0.2) is 44.8 Å². The van der Waals surface area contributed by atoms with Gasteiger partial charge in [0.2, 0.25) is 0 Å². The van der Waals surface area contributed by atoms with Crippen molar-refractivity contribution in [2.75, 3.05) is 39.2 Å². The number of nitrogens with two attached hydrogens (primary N) is 1. The minimum Gasteiger partial charge on any atom is -0.494 e. The van der Waals surface area contributed by atoms with E-state index >= 15 is 0 Å². The lowest BCUT2D eigenvalue weighted by Crippen LogP contribution is -2.45. The molecule has 3 N–H and O–H groups in total. The predicted molar refractivity (Wildman–Crippen MR) is 108 cm³/mol. The Morgan fingerprint density at radius 3 is 2.46 bits per heavy atom. The van der Waals surface area contributed by atoms with Crippen molar-refractivity contribution in [2.45, 2.75) is 19.4 Å². The van der Waals surface area contributed by atoms with Gasteiger partial charge in [-0.3, -0.25) is 0 Å². The molecule has 1 aliphatic rings. The van der Waals surface area contributed by atoms with Crippen LogP contribution in [-0.2, 0) is 6.42 Å². The zero-order valence-electron chi connectivity index (χ0n) is 16.5. The van der Waals surface area contributed by atoms with Crippen molar-refractivity contribution < 1.29 is 19.0 Å². The van der Waals surface area contributed by atoms with Crippen LogP contribution in [0.1, 0.15) is 24.1 Å². The van der Waals surface area contributed by atoms with Gasteiger partial charge in [0.05, 0.1) is 26.9 Å². The van der Waals surface area contributed by atoms with E-state index in [4.69, 9.17) is 19.9 Å². The van der Waals surface area contributed by atoms with Crippen LogP contribution in [0.4, 0.5) is 10.5 Å². The molecular weight excluding hydrogens is 358 g/mol. The highest BCUT2D eigenvalue weighted by Crippen LogP contribution is 2.38. The number of ether oxygens (including phenoxy) is 3. The number of nitrogens with zero attached hydrogens (tertiary/aromatic N) is 1. The molecule has 150 valence electrons. The molecule has 0 aromatic heterocycles. The Kier molecular flexibility index (Phi) is 6.26. The third-order valence-corrected chi connectivity index (χ3v) is 4.90. The van der Waals surface area contributed by atoms with Crippen molar-refractivity contribution in [1.82, 2.24) is 4.90 Å². The molecule has 3 rings (SSSR count). The molecule has 1 aliphatic heterocycles. The summed E-state index contributed by atoms with van der Waals surface area (Å²) >= 11 is 0. The first kappa shape index (κ1) is 19.8. The number of fused-ring (bicyclic) bond motifs is 1. The van der Waals surface area contributed by atoms with Crippen LogP contribution in [0.2, 0.25) is 0 Å². The van der Waals surface area contributed by atoms with Crippen LogP contribution in [0.15, 0.2) is 36.4 Å². The minimum atomic E-state index is -0.230. The highest BCUT2D eigenvalue weighted by Gasteiger charge is 2.31. The second-order valence-corrected chi connectivity index (χ2v) is 6.49. The number of hydrogen-bond donors (Lipinski definition) is 2. The molecule has 28 heavy (non-hydrogen) atoms. The molecule has 0 spiro atoms. The number of amides is 2. The lowest BCUT2D eigenvalue weighted by molar-refractivity contribution is 0.184. The normalized spacial score (nSPS) is 15.6. The molecule has 1 unspecified atom stereocenters. The van der Waals surface area contributed by atoms with Gasteiger partial charge in [0.1, 0.15) is 5.75 Å². The van der Waals surface area contributed by atoms with E-state index in [9.17, 15) is 4.79 Å². The third kappa shape index (κ3) is 3.99. The molecule has 0 fully saturated rings. The van der Waals surface area contributed by atoms with Gasteiger partial charge in [-0.25, -0.2) is 4.79 Å². The molecule has 7 heteroatoms. The number of hydrogen-bond acceptors (Lipinski definition) is 5. The first-order chi connectivity index (χ1) is 13.6. The molecule has 0 saturated carbocycles. The van der Waals surface area contributed by atoms with Gasteiger partial charge in [-0.05, 0) is 60.9 Å². The number of nitrogens with one attached hydrogen (secondary N) is 1. The van der Waals surface area contributed by atoms with Crippen molar-refractivity contribution >= 4 is 11.7 Å². The Hall–Kier alpha value is -2.93. The SMILES string of the molecule is CCOc1ccc(NC(=O)N2CCc3cc(OC)c(OC)cc3C2CN)cc1. The first-order valence-corrected chi connectivity index (χ1v) is 9.36. The number of anilines is 1. The zero-order valence-corrected chi connectivity index (χ0v) is 16.5. The van der Waals surface area contributed by atoms with Gasteiger partial charge in [-0.1, -0.05) is 0 Å². The van der Waals surface area contributed by atoms with E-state index in [0.717, 1.165) is 23.3 Å². The van der Waals surface area contributed by atoms with Crippen molar-refractivity contribution in [1.29, 1.82) is 0 Å². The van der Waals surface area contributed by atoms with Crippen molar-refractivity contribution in [3.8, 4) is 17.2 Å². The molecule has 0 saturated heterocycles. The van der Waals surface area contributed by atoms with Gasteiger partial charge < -0.3 is 30.2 Å². The Bertz CT molecular complexity index is 823. The standard InChI is InChI=1S/C21H27N3O4/c1-4-28-16-7-5-15(6-8-16)23-21(25)24-10-9-14-11-19(26-2)20(27-3)12-17(14)18(24)13-22/h5-8,11-12,18H,4,9-10,13,22H2,1-3H3,(H,23,25). The number of carbonyl (C=O) groups excluding carboxylic acids is 1. The van der Waals surface area contributed by atoms with E-state index in [1.165, 1.54) is 0 Å². The second kappa shape index (κ2) is 8.84. The Balaban J connectivity index is 1.80. The summed E-state index contributed by atoms with van der Waals surface area (Å²) in [6.45, 7) is 3.43. The van der Waals surface area contributed by atoms with Crippen molar-refractivity contribution in [3.05, 3.63) is 47.5 Å². The number of urea groups is 1. The van der Waals surface area contributed by atoms with Crippen molar-refractivity contribution in [2.24, 2.45) is 5.73 Å². The monoisotopic (exact) mass is 385 g/mol. The summed E-state index contributed by atoms with van der Waals surface area (Å²) in [6, 6.07) is 10.8. The molecule has 0 aliphatic carbocycles. The molecule has 2 aromatic carbocycles. The van der Waals surface area contributed by atoms with Crippen LogP contribution in [0.3, 0.4) is 0 Å². The topological polar surface area (TPSA) is 86.0 Å². The summed E-state index contributed by atoms with van der Waals surface area (Å²) in [6.07, 6.45) is 0.725. The summed E-state index contributed by atoms with van der Waals surface area (Å²) in [4.78, 5) is 14.7. The van der Waals surface area contributed by atoms with E-state index in [2.05, 4.69) is 5.32 Å². The van der Waals surface area contributed by atoms with Gasteiger partial charge in [0, 0.05) is 18.8 Å². The Labute approximate surface area is 165 Å². The van der Waals surface area contributed by atoms with Crippen LogP contribution >= 0.6 is 0 Å². The molecule has 1 heterocycles. The Morgan fingerprint density at radius 2 is 1.86 bits per heavy atom. The maximum atomic E-state index is 12.9. The highest BCUT2D eigenvalue weighted by molar-refractivity contribution is 5.90. The molecule has 0 bridgehead atoms. The smallest absolute Gasteiger partial charge is 0.322 e. The summed E-state index contributed by atoms with van der Waals surface area (Å²) in [7, 11) is 3.21. The molecule has 2 amide bonds. The van der Waals surface area contributed by atoms with Gasteiger partial charge in [-0.15, -0.1) is 0 Å². The number of benzene rings is 2. The van der Waals surface area contributed by atoms with Gasteiger partial charge in [0.15, 0.2) is 11.5 Å². The highest BCUT2D eigenvalue weighted by atomic mass is 16.5. The average Bonchev–Trinajstić information content (AvgIpc) is 2.73. The molecular formula is C21H27N3O4. The number of methoxy groups -OCH3 is 2. The molecule has 0 radical (unpaired) electrons. The minimum absolute atomic E-state index is 0.181. The second-order valence-electron chi connectivity index (χ2n) is 6.49. The van der Waals surface area contributed by atoms with E-state index < -0.39 is 0 Å². The fourth-order valence-electron chi connectivity index (χ4n) is 3.52. The van der Waals surface area contributed by atoms with Gasteiger partial charge in [0.25, 0.3) is 0 Å². The van der Waals surface area contributed by atoms with E-state index in [0.29, 0.717) is 36.9 Å². The van der Waals surface area contributed by atoms with E-state index in [-0.39, 0.29) is 12.1 Å². The van der Waals surface area contributed by atoms with Gasteiger partial charge in [-0.2, -0.15) is 0 Å². The van der Waals surface area contributed by atoms with E-state index in [1.54, 1.807) is 19.1 Å². The maximum absolute atomic E-state index is 12.9. The number of rotatable bonds is 6. The fraction of sp³-hybridized carbons (Fsp3) is 0.381. The predicted octanol–water partition coefficient (Wildman–Crippen LogP) is 3.19. The lowest BCUT2D eigenvalue weighted by atomic mass is 9.92. The third-order valence-electron chi connectivity index (χ3n) is 4.90. The average molecular weight is 385 g/mol. The van der Waals surface area contributed by atoms with Crippen LogP contribution in [0.5, 0.6) is 17.2 Å². The summed E-state index contributed by atoms with van der Waals surface area (Å²) in [5.41, 5.74) is 8.87. The molecule has 2 aromatic rings. The largest absolute Gasteiger partial charge is 0.494 e. The van der Waals surface area contributed by atoms with Gasteiger partial charge >= 0.3 is 6.03 Å². The van der Waals surface area contributed by atoms with Crippen molar-refractivity contribution in [3.63, 3.8) is 0 Å². The summed E-state index contributed by atoms with van der Waals surface area (Å²) in [5, 5.41) is 2.95. The quantitative estimate of drug-likeness (QED) is 0.798. The zero-order chi connectivity index (χ0) is 20.1. The van der Waals surface area contributed by atoms with E-state index in [1.807, 2.05) is 43.3 Å². The summed E-state index contributed by atoms with van der Waals surface area (Å²) < 4.78 is 16.2. The van der Waals surface area contributed by atoms with Crippen LogP contribution < -0.4 is 25.3 Å². The maximum Gasteiger partial charge on any atom is 0.322 e. The molecule has 7 nitrogen and oxygen atoms in total. The molecule has 1 atom stereocenters. The Morgan fingerprint density at radius 1 is 1.18 bits per heavy atom. The van der Waals surface area contributed by atoms with Crippen LogP contribution in [0, 0.1) is 0 Å². The number of carbonyl (C=O) groups is 1. The fourth-order valence-corrected chi connectivity index (χ4v) is 3.52.